The average Bonchev–Trinajstić information content (AvgIpc) is 2.31. The Balaban J connectivity index is 3.10. The second kappa shape index (κ2) is 5.75. The van der Waals surface area contributed by atoms with Crippen molar-refractivity contribution < 1.29 is 4.79 Å². The molecule has 0 spiro atoms. The molecule has 90 valence electrons. The van der Waals surface area contributed by atoms with Crippen LogP contribution in [0.4, 0.5) is 11.4 Å². The van der Waals surface area contributed by atoms with Gasteiger partial charge in [-0.05, 0) is 25.1 Å². The molecule has 0 atom stereocenters. The number of carbonyl (C=O) groups is 1. The van der Waals surface area contributed by atoms with E-state index in [-0.39, 0.29) is 0 Å². The molecule has 0 saturated heterocycles. The van der Waals surface area contributed by atoms with Crippen LogP contribution in [0.1, 0.15) is 23.7 Å². The number of nitriles is 1. The Morgan fingerprint density at radius 1 is 1.53 bits per heavy atom. The fraction of sp³-hybridized carbons (Fsp3) is 0.333. The van der Waals surface area contributed by atoms with Gasteiger partial charge in [-0.3, -0.25) is 4.79 Å². The molecule has 5 heteroatoms. The summed E-state index contributed by atoms with van der Waals surface area (Å²) in [6.07, 6.45) is 0.399. The van der Waals surface area contributed by atoms with Crippen LogP contribution < -0.4 is 16.4 Å². The highest BCUT2D eigenvalue weighted by Gasteiger charge is 2.13. The molecule has 0 saturated carbocycles. The van der Waals surface area contributed by atoms with E-state index in [0.29, 0.717) is 30.8 Å². The Bertz CT molecular complexity index is 450. The summed E-state index contributed by atoms with van der Waals surface area (Å²) in [5.74, 6) is -0.511. The topological polar surface area (TPSA) is 96.1 Å². The average molecular weight is 232 g/mol. The van der Waals surface area contributed by atoms with Crippen LogP contribution in [0.25, 0.3) is 0 Å². The van der Waals surface area contributed by atoms with Crippen molar-refractivity contribution in [3.05, 3.63) is 23.8 Å². The molecule has 0 unspecified atom stereocenters. The standard InChI is InChI=1S/C12H16N4O/c1-2-16(7-3-6-13)11-5-4-9(14)8-10(11)12(15)17/h4-5,8H,2-3,7,14H2,1H3,(H2,15,17). The van der Waals surface area contributed by atoms with Gasteiger partial charge in [-0.25, -0.2) is 0 Å². The third-order valence-electron chi connectivity index (χ3n) is 2.50. The van der Waals surface area contributed by atoms with E-state index in [4.69, 9.17) is 16.7 Å². The molecule has 0 heterocycles. The molecule has 0 bridgehead atoms. The van der Waals surface area contributed by atoms with Gasteiger partial charge < -0.3 is 16.4 Å². The number of hydrogen-bond donors (Lipinski definition) is 2. The number of hydrogen-bond acceptors (Lipinski definition) is 4. The van der Waals surface area contributed by atoms with Gasteiger partial charge in [0, 0.05) is 24.5 Å². The monoisotopic (exact) mass is 232 g/mol. The number of nitrogen functional groups attached to an aromatic ring is 1. The lowest BCUT2D eigenvalue weighted by Crippen LogP contribution is -2.27. The first-order valence-corrected chi connectivity index (χ1v) is 5.41. The number of carbonyl (C=O) groups excluding carboxylic acids is 1. The molecular weight excluding hydrogens is 216 g/mol. The van der Waals surface area contributed by atoms with Gasteiger partial charge >= 0.3 is 0 Å². The maximum absolute atomic E-state index is 11.3. The number of amides is 1. The van der Waals surface area contributed by atoms with Crippen LogP contribution in [0.2, 0.25) is 0 Å². The van der Waals surface area contributed by atoms with Crippen molar-refractivity contribution in [2.75, 3.05) is 23.7 Å². The molecule has 1 aromatic carbocycles. The Hall–Kier alpha value is -2.22. The highest BCUT2D eigenvalue weighted by atomic mass is 16.1. The minimum Gasteiger partial charge on any atom is -0.399 e. The van der Waals surface area contributed by atoms with Gasteiger partial charge in [0.2, 0.25) is 0 Å². The van der Waals surface area contributed by atoms with Crippen molar-refractivity contribution in [2.45, 2.75) is 13.3 Å². The fourth-order valence-corrected chi connectivity index (χ4v) is 1.66. The lowest BCUT2D eigenvalue weighted by atomic mass is 10.1. The molecule has 0 aliphatic carbocycles. The molecule has 1 rings (SSSR count). The lowest BCUT2D eigenvalue weighted by molar-refractivity contribution is 0.100. The van der Waals surface area contributed by atoms with E-state index in [1.54, 1.807) is 18.2 Å². The zero-order chi connectivity index (χ0) is 12.8. The summed E-state index contributed by atoms with van der Waals surface area (Å²) in [6, 6.07) is 7.12. The predicted octanol–water partition coefficient (Wildman–Crippen LogP) is 1.11. The number of nitrogens with zero attached hydrogens (tertiary/aromatic N) is 2. The Morgan fingerprint density at radius 2 is 2.24 bits per heavy atom. The first-order valence-electron chi connectivity index (χ1n) is 5.41. The molecule has 0 aromatic heterocycles. The maximum Gasteiger partial charge on any atom is 0.250 e. The van der Waals surface area contributed by atoms with Crippen molar-refractivity contribution in [1.82, 2.24) is 0 Å². The van der Waals surface area contributed by atoms with E-state index < -0.39 is 5.91 Å². The van der Waals surface area contributed by atoms with Gasteiger partial charge in [-0.2, -0.15) is 5.26 Å². The molecule has 5 nitrogen and oxygen atoms in total. The first kappa shape index (κ1) is 12.8. The maximum atomic E-state index is 11.3. The molecule has 0 fully saturated rings. The number of anilines is 2. The minimum atomic E-state index is -0.511. The Morgan fingerprint density at radius 3 is 2.76 bits per heavy atom. The van der Waals surface area contributed by atoms with Gasteiger partial charge in [0.25, 0.3) is 5.91 Å². The van der Waals surface area contributed by atoms with Crippen molar-refractivity contribution in [3.8, 4) is 6.07 Å². The van der Waals surface area contributed by atoms with E-state index in [2.05, 4.69) is 6.07 Å². The minimum absolute atomic E-state index is 0.393. The van der Waals surface area contributed by atoms with Gasteiger partial charge in [0.05, 0.1) is 18.1 Å². The molecule has 1 aromatic rings. The Labute approximate surface area is 101 Å². The van der Waals surface area contributed by atoms with Crippen LogP contribution in [0.15, 0.2) is 18.2 Å². The van der Waals surface area contributed by atoms with Crippen LogP contribution in [-0.2, 0) is 0 Å². The molecule has 4 N–H and O–H groups in total. The lowest BCUT2D eigenvalue weighted by Gasteiger charge is -2.24. The molecular formula is C12H16N4O. The van der Waals surface area contributed by atoms with Gasteiger partial charge in [-0.1, -0.05) is 0 Å². The third-order valence-corrected chi connectivity index (χ3v) is 2.50. The SMILES string of the molecule is CCN(CCC#N)c1ccc(N)cc1C(N)=O. The van der Waals surface area contributed by atoms with Crippen molar-refractivity contribution in [2.24, 2.45) is 5.73 Å². The van der Waals surface area contributed by atoms with Crippen LogP contribution in [0.3, 0.4) is 0 Å². The summed E-state index contributed by atoms with van der Waals surface area (Å²) in [5.41, 5.74) is 12.6. The predicted molar refractivity (Wildman–Crippen MR) is 67.5 cm³/mol. The van der Waals surface area contributed by atoms with Crippen molar-refractivity contribution in [1.29, 1.82) is 5.26 Å². The second-order valence-corrected chi connectivity index (χ2v) is 3.63. The quantitative estimate of drug-likeness (QED) is 0.743. The zero-order valence-corrected chi connectivity index (χ0v) is 9.81. The molecule has 0 aliphatic rings. The zero-order valence-electron chi connectivity index (χ0n) is 9.81. The largest absolute Gasteiger partial charge is 0.399 e. The van der Waals surface area contributed by atoms with E-state index in [1.165, 1.54) is 0 Å². The Kier molecular flexibility index (Phi) is 4.35. The van der Waals surface area contributed by atoms with Crippen LogP contribution >= 0.6 is 0 Å². The summed E-state index contributed by atoms with van der Waals surface area (Å²) in [5, 5.41) is 8.59. The van der Waals surface area contributed by atoms with Gasteiger partial charge in [-0.15, -0.1) is 0 Å². The molecule has 17 heavy (non-hydrogen) atoms. The summed E-state index contributed by atoms with van der Waals surface area (Å²) < 4.78 is 0. The van der Waals surface area contributed by atoms with Crippen LogP contribution in [0, 0.1) is 11.3 Å². The highest BCUT2D eigenvalue weighted by Crippen LogP contribution is 2.22. The van der Waals surface area contributed by atoms with E-state index in [9.17, 15) is 4.79 Å². The summed E-state index contributed by atoms with van der Waals surface area (Å²) in [7, 11) is 0. The summed E-state index contributed by atoms with van der Waals surface area (Å²) >= 11 is 0. The second-order valence-electron chi connectivity index (χ2n) is 3.63. The summed E-state index contributed by atoms with van der Waals surface area (Å²) in [4.78, 5) is 13.3. The first-order chi connectivity index (χ1) is 8.10. The summed E-state index contributed by atoms with van der Waals surface area (Å²) in [6.45, 7) is 3.22. The number of primary amides is 1. The molecule has 1 amide bonds. The number of benzene rings is 1. The number of nitrogens with two attached hydrogens (primary N) is 2. The van der Waals surface area contributed by atoms with Crippen molar-refractivity contribution >= 4 is 17.3 Å². The van der Waals surface area contributed by atoms with E-state index >= 15 is 0 Å². The smallest absolute Gasteiger partial charge is 0.250 e. The van der Waals surface area contributed by atoms with Crippen molar-refractivity contribution in [3.63, 3.8) is 0 Å². The third kappa shape index (κ3) is 3.11. The van der Waals surface area contributed by atoms with Gasteiger partial charge in [0.15, 0.2) is 0 Å². The fourth-order valence-electron chi connectivity index (χ4n) is 1.66. The number of rotatable bonds is 5. The van der Waals surface area contributed by atoms with Gasteiger partial charge in [0.1, 0.15) is 0 Å². The molecule has 0 radical (unpaired) electrons. The highest BCUT2D eigenvalue weighted by molar-refractivity contribution is 5.99. The van der Waals surface area contributed by atoms with E-state index in [1.807, 2.05) is 11.8 Å². The molecule has 0 aliphatic heterocycles. The normalized spacial score (nSPS) is 9.65. The van der Waals surface area contributed by atoms with Crippen LogP contribution in [0.5, 0.6) is 0 Å². The van der Waals surface area contributed by atoms with E-state index in [0.717, 1.165) is 5.69 Å². The van der Waals surface area contributed by atoms with Crippen LogP contribution in [-0.4, -0.2) is 19.0 Å².